The fraction of sp³-hybridized carbons (Fsp3) is 0.655. The van der Waals surface area contributed by atoms with Gasteiger partial charge in [0.05, 0.1) is 0 Å². The van der Waals surface area contributed by atoms with E-state index in [9.17, 15) is 8.78 Å². The molecule has 1 fully saturated rings. The zero-order valence-electron chi connectivity index (χ0n) is 19.5. The molecule has 31 heavy (non-hydrogen) atoms. The van der Waals surface area contributed by atoms with E-state index in [0.29, 0.717) is 24.7 Å². The molecule has 1 aromatic carbocycles. The SMILES string of the molecule is CCCCCCCCCCC1([C@H]2CC[C@H](C(F)F)CC2)C=CC(c2ccccc2)C=C1. The van der Waals surface area contributed by atoms with Crippen molar-refractivity contribution in [3.8, 4) is 0 Å². The van der Waals surface area contributed by atoms with Gasteiger partial charge >= 0.3 is 0 Å². The molecule has 0 spiro atoms. The molecule has 172 valence electrons. The van der Waals surface area contributed by atoms with Gasteiger partial charge in [0, 0.05) is 17.3 Å². The van der Waals surface area contributed by atoms with Gasteiger partial charge in [0.15, 0.2) is 0 Å². The van der Waals surface area contributed by atoms with Crippen molar-refractivity contribution < 1.29 is 8.78 Å². The van der Waals surface area contributed by atoms with Gasteiger partial charge in [-0.15, -0.1) is 0 Å². The standard InChI is InChI=1S/C29H42F2/c1-2-3-4-5-6-7-8-12-21-29(27-17-15-26(16-18-27)28(30)31)22-19-25(20-23-29)24-13-10-9-11-14-24/h9-11,13-14,19-20,22-23,25-28H,2-8,12,15-18,21H2,1H3/t25?,26-,27-,29?. The third kappa shape index (κ3) is 7.02. The molecule has 1 saturated carbocycles. The van der Waals surface area contributed by atoms with Gasteiger partial charge in [-0.1, -0.05) is 113 Å². The molecule has 0 N–H and O–H groups in total. The zero-order chi connectivity index (χ0) is 21.9. The van der Waals surface area contributed by atoms with Crippen molar-refractivity contribution in [1.29, 1.82) is 0 Å². The Hall–Kier alpha value is -1.44. The molecule has 0 aliphatic heterocycles. The quantitative estimate of drug-likeness (QED) is 0.230. The van der Waals surface area contributed by atoms with Crippen LogP contribution < -0.4 is 0 Å². The second-order valence-electron chi connectivity index (χ2n) is 9.94. The van der Waals surface area contributed by atoms with Crippen LogP contribution in [-0.4, -0.2) is 6.43 Å². The second-order valence-corrected chi connectivity index (χ2v) is 9.94. The average molecular weight is 429 g/mol. The van der Waals surface area contributed by atoms with E-state index in [-0.39, 0.29) is 11.3 Å². The Morgan fingerprint density at radius 1 is 0.806 bits per heavy atom. The predicted octanol–water partition coefficient (Wildman–Crippen LogP) is 9.48. The van der Waals surface area contributed by atoms with E-state index in [2.05, 4.69) is 61.6 Å². The lowest BCUT2D eigenvalue weighted by molar-refractivity contribution is 0.0344. The van der Waals surface area contributed by atoms with E-state index >= 15 is 0 Å². The molecular formula is C29H42F2. The van der Waals surface area contributed by atoms with Crippen LogP contribution in [-0.2, 0) is 0 Å². The Morgan fingerprint density at radius 2 is 1.39 bits per heavy atom. The molecule has 0 atom stereocenters. The average Bonchev–Trinajstić information content (AvgIpc) is 2.82. The van der Waals surface area contributed by atoms with Gasteiger partial charge < -0.3 is 0 Å². The molecule has 0 heterocycles. The predicted molar refractivity (Wildman–Crippen MR) is 129 cm³/mol. The van der Waals surface area contributed by atoms with Crippen molar-refractivity contribution in [1.82, 2.24) is 0 Å². The first-order valence-corrected chi connectivity index (χ1v) is 12.9. The molecule has 0 bridgehead atoms. The minimum Gasteiger partial charge on any atom is -0.210 e. The van der Waals surface area contributed by atoms with Crippen molar-refractivity contribution in [2.45, 2.75) is 103 Å². The summed E-state index contributed by atoms with van der Waals surface area (Å²) in [5, 5.41) is 0. The first-order chi connectivity index (χ1) is 15.1. The second kappa shape index (κ2) is 12.6. The van der Waals surface area contributed by atoms with Crippen molar-refractivity contribution in [3.63, 3.8) is 0 Å². The van der Waals surface area contributed by atoms with E-state index in [1.165, 1.54) is 63.4 Å². The first-order valence-electron chi connectivity index (χ1n) is 12.9. The normalized spacial score (nSPS) is 28.3. The van der Waals surface area contributed by atoms with Gasteiger partial charge in [0.25, 0.3) is 0 Å². The number of unbranched alkanes of at least 4 members (excludes halogenated alkanes) is 7. The number of benzene rings is 1. The Kier molecular flexibility index (Phi) is 9.81. The summed E-state index contributed by atoms with van der Waals surface area (Å²) < 4.78 is 26.4. The van der Waals surface area contributed by atoms with Crippen LogP contribution in [0.3, 0.4) is 0 Å². The highest BCUT2D eigenvalue weighted by atomic mass is 19.3. The fourth-order valence-corrected chi connectivity index (χ4v) is 5.70. The minimum atomic E-state index is -2.15. The molecule has 0 nitrogen and oxygen atoms in total. The maximum Gasteiger partial charge on any atom is 0.241 e. The van der Waals surface area contributed by atoms with Gasteiger partial charge in [0.2, 0.25) is 6.43 Å². The zero-order valence-corrected chi connectivity index (χ0v) is 19.5. The molecule has 2 aliphatic carbocycles. The van der Waals surface area contributed by atoms with Gasteiger partial charge in [-0.3, -0.25) is 0 Å². The van der Waals surface area contributed by atoms with Gasteiger partial charge in [0.1, 0.15) is 0 Å². The summed E-state index contributed by atoms with van der Waals surface area (Å²) in [6.45, 7) is 2.27. The van der Waals surface area contributed by atoms with E-state index < -0.39 is 6.43 Å². The number of allylic oxidation sites excluding steroid dienone is 4. The molecule has 1 aromatic rings. The molecule has 0 amide bonds. The number of rotatable bonds is 12. The molecular weight excluding hydrogens is 386 g/mol. The number of hydrogen-bond acceptors (Lipinski definition) is 0. The van der Waals surface area contributed by atoms with Crippen LogP contribution in [0.4, 0.5) is 8.78 Å². The summed E-state index contributed by atoms with van der Waals surface area (Å²) >= 11 is 0. The van der Waals surface area contributed by atoms with Crippen LogP contribution in [0.2, 0.25) is 0 Å². The third-order valence-corrected chi connectivity index (χ3v) is 7.76. The van der Waals surface area contributed by atoms with E-state index in [1.807, 2.05) is 0 Å². The summed E-state index contributed by atoms with van der Waals surface area (Å²) in [4.78, 5) is 0. The van der Waals surface area contributed by atoms with Gasteiger partial charge in [-0.05, 0) is 43.6 Å². The molecule has 0 aromatic heterocycles. The topological polar surface area (TPSA) is 0 Å². The maximum absolute atomic E-state index is 13.2. The van der Waals surface area contributed by atoms with Crippen LogP contribution in [0.25, 0.3) is 0 Å². The molecule has 0 saturated heterocycles. The van der Waals surface area contributed by atoms with Crippen LogP contribution in [0.5, 0.6) is 0 Å². The summed E-state index contributed by atoms with van der Waals surface area (Å²) in [5.74, 6) is 0.464. The summed E-state index contributed by atoms with van der Waals surface area (Å²) in [6, 6.07) is 10.7. The number of hydrogen-bond donors (Lipinski definition) is 0. The lowest BCUT2D eigenvalue weighted by Crippen LogP contribution is -2.33. The Balaban J connectivity index is 1.58. The highest BCUT2D eigenvalue weighted by Gasteiger charge is 2.39. The molecule has 0 radical (unpaired) electrons. The Labute approximate surface area is 189 Å². The molecule has 2 aliphatic rings. The third-order valence-electron chi connectivity index (χ3n) is 7.76. The minimum absolute atomic E-state index is 0.0700. The van der Waals surface area contributed by atoms with Crippen molar-refractivity contribution >= 4 is 0 Å². The lowest BCUT2D eigenvalue weighted by Gasteiger charge is -2.42. The molecule has 2 heteroatoms. The maximum atomic E-state index is 13.2. The fourth-order valence-electron chi connectivity index (χ4n) is 5.70. The van der Waals surface area contributed by atoms with Crippen molar-refractivity contribution in [3.05, 3.63) is 60.2 Å². The number of alkyl halides is 2. The lowest BCUT2D eigenvalue weighted by atomic mass is 9.62. The molecule has 0 unspecified atom stereocenters. The van der Waals surface area contributed by atoms with Gasteiger partial charge in [-0.25, -0.2) is 8.78 Å². The number of halogens is 2. The van der Waals surface area contributed by atoms with Crippen LogP contribution in [0.15, 0.2) is 54.6 Å². The smallest absolute Gasteiger partial charge is 0.210 e. The first kappa shape index (κ1) is 24.2. The summed E-state index contributed by atoms with van der Waals surface area (Å²) in [6.07, 6.45) is 22.6. The van der Waals surface area contributed by atoms with E-state index in [1.54, 1.807) is 0 Å². The Bertz CT molecular complexity index is 653. The highest BCUT2D eigenvalue weighted by molar-refractivity contribution is 5.34. The Morgan fingerprint density at radius 3 is 1.97 bits per heavy atom. The van der Waals surface area contributed by atoms with Gasteiger partial charge in [-0.2, -0.15) is 0 Å². The van der Waals surface area contributed by atoms with Crippen LogP contribution in [0.1, 0.15) is 102 Å². The van der Waals surface area contributed by atoms with Crippen molar-refractivity contribution in [2.24, 2.45) is 17.3 Å². The van der Waals surface area contributed by atoms with Crippen LogP contribution >= 0.6 is 0 Å². The largest absolute Gasteiger partial charge is 0.241 e. The summed E-state index contributed by atoms with van der Waals surface area (Å²) in [7, 11) is 0. The molecule has 3 rings (SSSR count). The van der Waals surface area contributed by atoms with Crippen LogP contribution in [0, 0.1) is 17.3 Å². The highest BCUT2D eigenvalue weighted by Crippen LogP contribution is 2.49. The monoisotopic (exact) mass is 428 g/mol. The summed E-state index contributed by atoms with van der Waals surface area (Å²) in [5.41, 5.74) is 1.40. The van der Waals surface area contributed by atoms with Crippen molar-refractivity contribution in [2.75, 3.05) is 0 Å². The van der Waals surface area contributed by atoms with E-state index in [0.717, 1.165) is 12.8 Å². The van der Waals surface area contributed by atoms with E-state index in [4.69, 9.17) is 0 Å².